The average Bonchev–Trinajstić information content (AvgIpc) is 2.48. The molecule has 0 aromatic rings. The summed E-state index contributed by atoms with van der Waals surface area (Å²) in [5, 5.41) is 0. The van der Waals surface area contributed by atoms with E-state index in [1.54, 1.807) is 0 Å². The fourth-order valence-corrected chi connectivity index (χ4v) is 1.93. The Morgan fingerprint density at radius 1 is 0.864 bits per heavy atom. The smallest absolute Gasteiger partial charge is 0.430 e. The van der Waals surface area contributed by atoms with Crippen molar-refractivity contribution in [2.45, 2.75) is 84.7 Å². The van der Waals surface area contributed by atoms with Crippen LogP contribution in [0.3, 0.4) is 0 Å². The highest BCUT2D eigenvalue weighted by Gasteiger charge is 2.22. The van der Waals surface area contributed by atoms with E-state index in [1.165, 1.54) is 19.3 Å². The van der Waals surface area contributed by atoms with Gasteiger partial charge in [0.1, 0.15) is 12.2 Å². The SMILES string of the molecule is CCCCCCOCCOC(=O)OOC(C)(C)CCCCC. The standard InChI is InChI=1S/C17H34O5/c1-5-7-9-11-13-19-14-15-20-16(18)21-22-17(3,4)12-10-8-6-2/h5-15H2,1-4H3. The van der Waals surface area contributed by atoms with Gasteiger partial charge >= 0.3 is 6.16 Å². The summed E-state index contributed by atoms with van der Waals surface area (Å²) in [7, 11) is 0. The van der Waals surface area contributed by atoms with Crippen molar-refractivity contribution in [2.24, 2.45) is 0 Å². The van der Waals surface area contributed by atoms with Gasteiger partial charge in [0.15, 0.2) is 0 Å². The number of rotatable bonds is 14. The molecule has 0 rings (SSSR count). The maximum Gasteiger partial charge on any atom is 0.540 e. The number of unbranched alkanes of at least 4 members (excludes halogenated alkanes) is 5. The largest absolute Gasteiger partial charge is 0.540 e. The number of hydrogen-bond acceptors (Lipinski definition) is 5. The summed E-state index contributed by atoms with van der Waals surface area (Å²) in [5.74, 6) is 0. The van der Waals surface area contributed by atoms with Gasteiger partial charge in [-0.2, -0.15) is 4.89 Å². The highest BCUT2D eigenvalue weighted by atomic mass is 17.2. The molecule has 0 aliphatic rings. The summed E-state index contributed by atoms with van der Waals surface area (Å²) < 4.78 is 10.2. The Morgan fingerprint density at radius 3 is 2.23 bits per heavy atom. The molecule has 22 heavy (non-hydrogen) atoms. The van der Waals surface area contributed by atoms with E-state index in [1.807, 2.05) is 13.8 Å². The van der Waals surface area contributed by atoms with Gasteiger partial charge in [-0.05, 0) is 26.7 Å². The van der Waals surface area contributed by atoms with Gasteiger partial charge in [-0.25, -0.2) is 4.79 Å². The van der Waals surface area contributed by atoms with E-state index >= 15 is 0 Å². The lowest BCUT2D eigenvalue weighted by Crippen LogP contribution is -2.26. The molecule has 132 valence electrons. The molecular formula is C17H34O5. The molecule has 0 N–H and O–H groups in total. The molecule has 0 bridgehead atoms. The maximum atomic E-state index is 11.4. The van der Waals surface area contributed by atoms with Crippen molar-refractivity contribution in [3.8, 4) is 0 Å². The second kappa shape index (κ2) is 13.8. The zero-order chi connectivity index (χ0) is 16.7. The van der Waals surface area contributed by atoms with E-state index < -0.39 is 11.8 Å². The number of hydrogen-bond donors (Lipinski definition) is 0. The number of ether oxygens (including phenoxy) is 2. The van der Waals surface area contributed by atoms with Gasteiger partial charge in [0.25, 0.3) is 0 Å². The van der Waals surface area contributed by atoms with Gasteiger partial charge in [0.05, 0.1) is 6.61 Å². The third kappa shape index (κ3) is 14.1. The summed E-state index contributed by atoms with van der Waals surface area (Å²) >= 11 is 0. The summed E-state index contributed by atoms with van der Waals surface area (Å²) in [6, 6.07) is 0. The van der Waals surface area contributed by atoms with Crippen LogP contribution in [0.15, 0.2) is 0 Å². The monoisotopic (exact) mass is 318 g/mol. The highest BCUT2D eigenvalue weighted by molar-refractivity contribution is 5.58. The Kier molecular flexibility index (Phi) is 13.3. The van der Waals surface area contributed by atoms with Crippen LogP contribution in [0.2, 0.25) is 0 Å². The molecule has 0 aliphatic carbocycles. The summed E-state index contributed by atoms with van der Waals surface area (Å²) in [4.78, 5) is 21.2. The Labute approximate surface area is 135 Å². The third-order valence-electron chi connectivity index (χ3n) is 3.31. The zero-order valence-corrected chi connectivity index (χ0v) is 14.8. The lowest BCUT2D eigenvalue weighted by atomic mass is 10.0. The third-order valence-corrected chi connectivity index (χ3v) is 3.31. The van der Waals surface area contributed by atoms with E-state index in [0.717, 1.165) is 32.1 Å². The predicted molar refractivity (Wildman–Crippen MR) is 86.7 cm³/mol. The molecule has 0 spiro atoms. The van der Waals surface area contributed by atoms with Crippen LogP contribution in [0.25, 0.3) is 0 Å². The van der Waals surface area contributed by atoms with Crippen molar-refractivity contribution in [2.75, 3.05) is 19.8 Å². The molecule has 0 radical (unpaired) electrons. The van der Waals surface area contributed by atoms with Crippen molar-refractivity contribution in [1.29, 1.82) is 0 Å². The van der Waals surface area contributed by atoms with Crippen molar-refractivity contribution >= 4 is 6.16 Å². The van der Waals surface area contributed by atoms with Crippen LogP contribution in [0, 0.1) is 0 Å². The average molecular weight is 318 g/mol. The topological polar surface area (TPSA) is 54.0 Å². The lowest BCUT2D eigenvalue weighted by molar-refractivity contribution is -0.319. The van der Waals surface area contributed by atoms with E-state index in [2.05, 4.69) is 18.7 Å². The molecule has 0 unspecified atom stereocenters. The normalized spacial score (nSPS) is 11.5. The van der Waals surface area contributed by atoms with Crippen LogP contribution in [-0.4, -0.2) is 31.6 Å². The van der Waals surface area contributed by atoms with Crippen molar-refractivity contribution < 1.29 is 24.0 Å². The molecule has 0 saturated carbocycles. The Hall–Kier alpha value is -0.810. The van der Waals surface area contributed by atoms with Crippen LogP contribution in [0.1, 0.15) is 79.1 Å². The second-order valence-electron chi connectivity index (χ2n) is 6.15. The van der Waals surface area contributed by atoms with Gasteiger partial charge in [0, 0.05) is 6.61 Å². The molecule has 5 nitrogen and oxygen atoms in total. The van der Waals surface area contributed by atoms with Crippen LogP contribution >= 0.6 is 0 Å². The van der Waals surface area contributed by atoms with Crippen LogP contribution in [-0.2, 0) is 19.2 Å². The number of carbonyl (C=O) groups is 1. The first-order valence-electron chi connectivity index (χ1n) is 8.62. The van der Waals surface area contributed by atoms with Crippen LogP contribution in [0.5, 0.6) is 0 Å². The van der Waals surface area contributed by atoms with Crippen molar-refractivity contribution in [3.05, 3.63) is 0 Å². The molecule has 0 aromatic heterocycles. The number of carbonyl (C=O) groups excluding carboxylic acids is 1. The van der Waals surface area contributed by atoms with Crippen molar-refractivity contribution in [1.82, 2.24) is 0 Å². The summed E-state index contributed by atoms with van der Waals surface area (Å²) in [5.41, 5.74) is -0.482. The minimum atomic E-state index is -0.807. The quantitative estimate of drug-likeness (QED) is 0.195. The van der Waals surface area contributed by atoms with Gasteiger partial charge in [-0.1, -0.05) is 52.4 Å². The van der Waals surface area contributed by atoms with Gasteiger partial charge in [-0.3, -0.25) is 4.89 Å². The maximum absolute atomic E-state index is 11.4. The first-order chi connectivity index (χ1) is 10.5. The Bertz CT molecular complexity index is 266. The fraction of sp³-hybridized carbons (Fsp3) is 0.941. The van der Waals surface area contributed by atoms with Gasteiger partial charge in [-0.15, -0.1) is 0 Å². The van der Waals surface area contributed by atoms with Crippen LogP contribution < -0.4 is 0 Å². The van der Waals surface area contributed by atoms with E-state index in [4.69, 9.17) is 14.4 Å². The van der Waals surface area contributed by atoms with E-state index in [0.29, 0.717) is 13.2 Å². The molecule has 0 heterocycles. The minimum Gasteiger partial charge on any atom is -0.430 e. The van der Waals surface area contributed by atoms with Gasteiger partial charge in [0.2, 0.25) is 0 Å². The van der Waals surface area contributed by atoms with Crippen LogP contribution in [0.4, 0.5) is 4.79 Å². The zero-order valence-electron chi connectivity index (χ0n) is 14.8. The molecule has 0 amide bonds. The second-order valence-corrected chi connectivity index (χ2v) is 6.15. The molecule has 0 aliphatic heterocycles. The van der Waals surface area contributed by atoms with Crippen molar-refractivity contribution in [3.63, 3.8) is 0 Å². The molecule has 0 aromatic carbocycles. The minimum absolute atomic E-state index is 0.187. The van der Waals surface area contributed by atoms with E-state index in [-0.39, 0.29) is 6.61 Å². The Balaban J connectivity index is 3.49. The molecule has 5 heteroatoms. The van der Waals surface area contributed by atoms with Gasteiger partial charge < -0.3 is 9.47 Å². The predicted octanol–water partition coefficient (Wildman–Crippen LogP) is 5.03. The molecule has 0 saturated heterocycles. The first kappa shape index (κ1) is 21.2. The Morgan fingerprint density at radius 2 is 1.55 bits per heavy atom. The molecular weight excluding hydrogens is 284 g/mol. The summed E-state index contributed by atoms with van der Waals surface area (Å²) in [6.07, 6.45) is 8.06. The first-order valence-corrected chi connectivity index (χ1v) is 8.62. The van der Waals surface area contributed by atoms with E-state index in [9.17, 15) is 4.79 Å². The lowest BCUT2D eigenvalue weighted by Gasteiger charge is -2.22. The molecule has 0 atom stereocenters. The fourth-order valence-electron chi connectivity index (χ4n) is 1.93. The molecule has 0 fully saturated rings. The highest BCUT2D eigenvalue weighted by Crippen LogP contribution is 2.19. The summed E-state index contributed by atoms with van der Waals surface area (Å²) in [6.45, 7) is 9.40.